The molecule has 2 heteroatoms. The van der Waals surface area contributed by atoms with Crippen LogP contribution in [0.2, 0.25) is 0 Å². The Kier molecular flexibility index (Phi) is 4.70. The van der Waals surface area contributed by atoms with Crippen molar-refractivity contribution in [3.8, 4) is 0 Å². The van der Waals surface area contributed by atoms with Crippen LogP contribution >= 0.6 is 15.9 Å². The molecule has 16 heavy (non-hydrogen) atoms. The minimum Gasteiger partial charge on any atom is -0.384 e. The van der Waals surface area contributed by atoms with Crippen molar-refractivity contribution in [1.29, 1.82) is 0 Å². The molecule has 1 N–H and O–H groups in total. The summed E-state index contributed by atoms with van der Waals surface area (Å²) in [5, 5.41) is 3.51. The maximum Gasteiger partial charge on any atom is 0.0484 e. The average molecular weight is 282 g/mol. The fourth-order valence-corrected chi connectivity index (χ4v) is 2.92. The Labute approximate surface area is 107 Å². The average Bonchev–Trinajstić information content (AvgIpc) is 2.33. The molecule has 1 nitrogen and oxygen atoms in total. The van der Waals surface area contributed by atoms with Crippen LogP contribution < -0.4 is 5.32 Å². The van der Waals surface area contributed by atoms with Crippen molar-refractivity contribution in [3.63, 3.8) is 0 Å². The van der Waals surface area contributed by atoms with Gasteiger partial charge in [-0.1, -0.05) is 44.2 Å². The number of anilines is 1. The number of benzene rings is 1. The lowest BCUT2D eigenvalue weighted by Gasteiger charge is -2.21. The highest BCUT2D eigenvalue weighted by atomic mass is 79.9. The number of halogens is 1. The zero-order valence-corrected chi connectivity index (χ0v) is 11.3. The van der Waals surface area contributed by atoms with E-state index in [9.17, 15) is 0 Å². The van der Waals surface area contributed by atoms with E-state index in [1.165, 1.54) is 48.7 Å². The molecule has 0 amide bonds. The van der Waals surface area contributed by atoms with Gasteiger partial charge in [-0.05, 0) is 40.4 Å². The van der Waals surface area contributed by atoms with Gasteiger partial charge in [-0.3, -0.25) is 0 Å². The largest absolute Gasteiger partial charge is 0.384 e. The predicted octanol–water partition coefficient (Wildman–Crippen LogP) is 4.83. The van der Waals surface area contributed by atoms with Gasteiger partial charge in [0.15, 0.2) is 0 Å². The second-order valence-corrected chi connectivity index (χ2v) is 5.55. The Morgan fingerprint density at radius 1 is 1.12 bits per heavy atom. The molecule has 0 atom stereocenters. The first-order valence-electron chi connectivity index (χ1n) is 6.34. The Morgan fingerprint density at radius 3 is 2.62 bits per heavy atom. The van der Waals surface area contributed by atoms with E-state index in [1.807, 2.05) is 0 Å². The van der Waals surface area contributed by atoms with Gasteiger partial charge in [0.05, 0.1) is 0 Å². The third kappa shape index (κ3) is 3.51. The SMILES string of the molecule is Brc1ccccc1NCCC1CCCCC1. The molecule has 0 aromatic heterocycles. The first kappa shape index (κ1) is 12.0. The smallest absolute Gasteiger partial charge is 0.0484 e. The molecule has 1 aliphatic rings. The molecule has 0 spiro atoms. The van der Waals surface area contributed by atoms with Crippen molar-refractivity contribution in [2.45, 2.75) is 38.5 Å². The number of hydrogen-bond donors (Lipinski definition) is 1. The zero-order chi connectivity index (χ0) is 11.2. The van der Waals surface area contributed by atoms with Crippen LogP contribution in [0.4, 0.5) is 5.69 Å². The fraction of sp³-hybridized carbons (Fsp3) is 0.571. The van der Waals surface area contributed by atoms with Crippen LogP contribution in [-0.2, 0) is 0 Å². The molecule has 88 valence electrons. The third-order valence-electron chi connectivity index (χ3n) is 3.47. The predicted molar refractivity (Wildman–Crippen MR) is 73.8 cm³/mol. The first-order chi connectivity index (χ1) is 7.86. The first-order valence-corrected chi connectivity index (χ1v) is 7.14. The molecule has 0 aliphatic heterocycles. The molecule has 2 rings (SSSR count). The van der Waals surface area contributed by atoms with E-state index >= 15 is 0 Å². The van der Waals surface area contributed by atoms with Crippen LogP contribution in [0.15, 0.2) is 28.7 Å². The summed E-state index contributed by atoms with van der Waals surface area (Å²) in [5.41, 5.74) is 1.22. The number of hydrogen-bond acceptors (Lipinski definition) is 1. The van der Waals surface area contributed by atoms with E-state index in [1.54, 1.807) is 0 Å². The fourth-order valence-electron chi connectivity index (χ4n) is 2.49. The number of nitrogens with one attached hydrogen (secondary N) is 1. The van der Waals surface area contributed by atoms with Crippen LogP contribution in [0.5, 0.6) is 0 Å². The van der Waals surface area contributed by atoms with Gasteiger partial charge < -0.3 is 5.32 Å². The lowest BCUT2D eigenvalue weighted by molar-refractivity contribution is 0.345. The Hall–Kier alpha value is -0.500. The molecular weight excluding hydrogens is 262 g/mol. The van der Waals surface area contributed by atoms with Crippen LogP contribution in [0.1, 0.15) is 38.5 Å². The van der Waals surface area contributed by atoms with E-state index in [-0.39, 0.29) is 0 Å². The minimum absolute atomic E-state index is 0.962. The van der Waals surface area contributed by atoms with E-state index in [0.29, 0.717) is 0 Å². The molecule has 0 saturated heterocycles. The summed E-state index contributed by atoms with van der Waals surface area (Å²) in [6.07, 6.45) is 8.55. The Morgan fingerprint density at radius 2 is 1.88 bits per heavy atom. The van der Waals surface area contributed by atoms with Crippen molar-refractivity contribution in [3.05, 3.63) is 28.7 Å². The standard InChI is InChI=1S/C14H20BrN/c15-13-8-4-5-9-14(13)16-11-10-12-6-2-1-3-7-12/h4-5,8-9,12,16H,1-3,6-7,10-11H2. The monoisotopic (exact) mass is 281 g/mol. The normalized spacial score (nSPS) is 17.3. The molecule has 1 fully saturated rings. The van der Waals surface area contributed by atoms with Crippen molar-refractivity contribution in [1.82, 2.24) is 0 Å². The summed E-state index contributed by atoms with van der Waals surface area (Å²) >= 11 is 3.56. The van der Waals surface area contributed by atoms with Gasteiger partial charge in [0.2, 0.25) is 0 Å². The molecule has 1 aliphatic carbocycles. The van der Waals surface area contributed by atoms with Gasteiger partial charge in [0, 0.05) is 16.7 Å². The highest BCUT2D eigenvalue weighted by Gasteiger charge is 2.12. The molecule has 0 radical (unpaired) electrons. The van der Waals surface area contributed by atoms with Crippen molar-refractivity contribution in [2.75, 3.05) is 11.9 Å². The summed E-state index contributed by atoms with van der Waals surface area (Å²) in [6, 6.07) is 8.35. The van der Waals surface area contributed by atoms with Gasteiger partial charge in [-0.25, -0.2) is 0 Å². The quantitative estimate of drug-likeness (QED) is 0.834. The second-order valence-electron chi connectivity index (χ2n) is 4.70. The maximum absolute atomic E-state index is 3.56. The van der Waals surface area contributed by atoms with Crippen molar-refractivity contribution >= 4 is 21.6 Å². The summed E-state index contributed by atoms with van der Waals surface area (Å²) < 4.78 is 1.17. The van der Waals surface area contributed by atoms with Gasteiger partial charge in [0.1, 0.15) is 0 Å². The highest BCUT2D eigenvalue weighted by Crippen LogP contribution is 2.27. The third-order valence-corrected chi connectivity index (χ3v) is 4.16. The number of para-hydroxylation sites is 1. The topological polar surface area (TPSA) is 12.0 Å². The molecule has 0 unspecified atom stereocenters. The molecule has 0 heterocycles. The van der Waals surface area contributed by atoms with E-state index < -0.39 is 0 Å². The zero-order valence-electron chi connectivity index (χ0n) is 9.71. The summed E-state index contributed by atoms with van der Waals surface area (Å²) in [6.45, 7) is 1.10. The summed E-state index contributed by atoms with van der Waals surface area (Å²) in [5.74, 6) is 0.962. The van der Waals surface area contributed by atoms with E-state index in [0.717, 1.165) is 12.5 Å². The van der Waals surface area contributed by atoms with Crippen LogP contribution in [0.3, 0.4) is 0 Å². The van der Waals surface area contributed by atoms with Crippen molar-refractivity contribution in [2.24, 2.45) is 5.92 Å². The van der Waals surface area contributed by atoms with Crippen LogP contribution in [0.25, 0.3) is 0 Å². The Balaban J connectivity index is 1.73. The summed E-state index contributed by atoms with van der Waals surface area (Å²) in [4.78, 5) is 0. The lowest BCUT2D eigenvalue weighted by atomic mass is 9.87. The highest BCUT2D eigenvalue weighted by molar-refractivity contribution is 9.10. The summed E-state index contributed by atoms with van der Waals surface area (Å²) in [7, 11) is 0. The van der Waals surface area contributed by atoms with E-state index in [2.05, 4.69) is 45.5 Å². The lowest BCUT2D eigenvalue weighted by Crippen LogP contribution is -2.12. The van der Waals surface area contributed by atoms with Gasteiger partial charge in [-0.2, -0.15) is 0 Å². The van der Waals surface area contributed by atoms with Gasteiger partial charge >= 0.3 is 0 Å². The van der Waals surface area contributed by atoms with Gasteiger partial charge in [-0.15, -0.1) is 0 Å². The Bertz CT molecular complexity index is 318. The molecule has 1 aromatic rings. The number of rotatable bonds is 4. The van der Waals surface area contributed by atoms with E-state index in [4.69, 9.17) is 0 Å². The van der Waals surface area contributed by atoms with Crippen molar-refractivity contribution < 1.29 is 0 Å². The minimum atomic E-state index is 0.962. The van der Waals surface area contributed by atoms with Crippen LogP contribution in [-0.4, -0.2) is 6.54 Å². The molecule has 1 aromatic carbocycles. The molecule has 0 bridgehead atoms. The maximum atomic E-state index is 3.56. The van der Waals surface area contributed by atoms with Gasteiger partial charge in [0.25, 0.3) is 0 Å². The van der Waals surface area contributed by atoms with Crippen LogP contribution in [0, 0.1) is 5.92 Å². The molecular formula is C14H20BrN. The second kappa shape index (κ2) is 6.29. The molecule has 1 saturated carbocycles.